The van der Waals surface area contributed by atoms with Crippen molar-refractivity contribution < 1.29 is 18.7 Å². The molecule has 2 aromatic carbocycles. The number of hydrogen-bond acceptors (Lipinski definition) is 6. The number of rotatable bonds is 8. The maximum atomic E-state index is 14.0. The van der Waals surface area contributed by atoms with E-state index in [0.717, 1.165) is 5.56 Å². The van der Waals surface area contributed by atoms with Gasteiger partial charge in [0.1, 0.15) is 12.4 Å². The van der Waals surface area contributed by atoms with E-state index in [4.69, 9.17) is 21.1 Å². The van der Waals surface area contributed by atoms with Gasteiger partial charge in [0, 0.05) is 18.0 Å². The third kappa shape index (κ3) is 5.84. The smallest absolute Gasteiger partial charge is 0.224 e. The Bertz CT molecular complexity index is 905. The van der Waals surface area contributed by atoms with Crippen molar-refractivity contribution in [2.75, 3.05) is 6.61 Å². The van der Waals surface area contributed by atoms with Crippen LogP contribution in [0.1, 0.15) is 31.4 Å². The Morgan fingerprint density at radius 1 is 1.30 bits per heavy atom. The van der Waals surface area contributed by atoms with Crippen LogP contribution in [0, 0.1) is 5.82 Å². The average molecular weight is 435 g/mol. The SMILES string of the molecule is CCOc1cc(/C=N/NC2NC(=O)CC(C)N2)ccc1OCc1c(F)cccc1Cl. The molecule has 160 valence electrons. The number of amides is 1. The Kier molecular flexibility index (Phi) is 7.48. The van der Waals surface area contributed by atoms with Gasteiger partial charge in [-0.15, -0.1) is 0 Å². The summed E-state index contributed by atoms with van der Waals surface area (Å²) in [5, 5.41) is 10.4. The first kappa shape index (κ1) is 21.9. The van der Waals surface area contributed by atoms with Gasteiger partial charge in [-0.25, -0.2) is 4.39 Å². The minimum atomic E-state index is -0.433. The fourth-order valence-electron chi connectivity index (χ4n) is 2.95. The number of benzene rings is 2. The summed E-state index contributed by atoms with van der Waals surface area (Å²) < 4.78 is 25.4. The van der Waals surface area contributed by atoms with E-state index in [9.17, 15) is 9.18 Å². The lowest BCUT2D eigenvalue weighted by molar-refractivity contribution is -0.124. The van der Waals surface area contributed by atoms with Crippen molar-refractivity contribution in [3.63, 3.8) is 0 Å². The highest BCUT2D eigenvalue weighted by atomic mass is 35.5. The molecule has 3 N–H and O–H groups in total. The highest BCUT2D eigenvalue weighted by Crippen LogP contribution is 2.30. The second-order valence-corrected chi connectivity index (χ2v) is 7.19. The van der Waals surface area contributed by atoms with Crippen molar-refractivity contribution in [2.45, 2.75) is 39.2 Å². The largest absolute Gasteiger partial charge is 0.490 e. The molecule has 30 heavy (non-hydrogen) atoms. The van der Waals surface area contributed by atoms with E-state index in [-0.39, 0.29) is 24.1 Å². The van der Waals surface area contributed by atoms with Crippen LogP contribution in [0.4, 0.5) is 4.39 Å². The third-order valence-electron chi connectivity index (χ3n) is 4.37. The summed E-state index contributed by atoms with van der Waals surface area (Å²) in [6.45, 7) is 4.20. The number of nitrogens with one attached hydrogen (secondary N) is 3. The van der Waals surface area contributed by atoms with Crippen LogP contribution in [0.2, 0.25) is 5.02 Å². The first-order valence-corrected chi connectivity index (χ1v) is 10.0. The summed E-state index contributed by atoms with van der Waals surface area (Å²) in [6.07, 6.45) is 1.60. The summed E-state index contributed by atoms with van der Waals surface area (Å²) in [6, 6.07) is 9.85. The molecule has 1 heterocycles. The van der Waals surface area contributed by atoms with E-state index in [1.165, 1.54) is 6.07 Å². The van der Waals surface area contributed by atoms with E-state index in [1.807, 2.05) is 13.8 Å². The summed E-state index contributed by atoms with van der Waals surface area (Å²) in [5.41, 5.74) is 3.90. The van der Waals surface area contributed by atoms with Gasteiger partial charge in [0.05, 0.1) is 17.8 Å². The first-order valence-electron chi connectivity index (χ1n) is 9.62. The van der Waals surface area contributed by atoms with E-state index in [0.29, 0.717) is 29.5 Å². The maximum Gasteiger partial charge on any atom is 0.224 e. The number of halogens is 2. The molecule has 1 aliphatic rings. The van der Waals surface area contributed by atoms with Crippen LogP contribution in [0.3, 0.4) is 0 Å². The summed E-state index contributed by atoms with van der Waals surface area (Å²) in [7, 11) is 0. The lowest BCUT2D eigenvalue weighted by Gasteiger charge is -2.28. The monoisotopic (exact) mass is 434 g/mol. The Morgan fingerprint density at radius 3 is 2.87 bits per heavy atom. The topological polar surface area (TPSA) is 84.0 Å². The molecule has 7 nitrogen and oxygen atoms in total. The molecule has 0 radical (unpaired) electrons. The molecule has 9 heteroatoms. The van der Waals surface area contributed by atoms with Gasteiger partial charge in [0.25, 0.3) is 0 Å². The maximum absolute atomic E-state index is 14.0. The molecule has 0 aromatic heterocycles. The molecule has 0 saturated carbocycles. The fourth-order valence-corrected chi connectivity index (χ4v) is 3.17. The molecule has 2 unspecified atom stereocenters. The predicted molar refractivity (Wildman–Crippen MR) is 113 cm³/mol. The minimum Gasteiger partial charge on any atom is -0.490 e. The Labute approximate surface area is 179 Å². The lowest BCUT2D eigenvalue weighted by atomic mass is 10.2. The molecule has 0 bridgehead atoms. The molecular weight excluding hydrogens is 411 g/mol. The molecule has 2 atom stereocenters. The Hall–Kier alpha value is -2.84. The van der Waals surface area contributed by atoms with Crippen LogP contribution in [-0.2, 0) is 11.4 Å². The molecular formula is C21H24ClFN4O3. The molecule has 1 amide bonds. The molecule has 0 spiro atoms. The quantitative estimate of drug-likeness (QED) is 0.439. The van der Waals surface area contributed by atoms with Crippen molar-refractivity contribution >= 4 is 23.7 Å². The number of hydrogen-bond donors (Lipinski definition) is 3. The van der Waals surface area contributed by atoms with Gasteiger partial charge in [-0.1, -0.05) is 17.7 Å². The number of ether oxygens (including phenoxy) is 2. The molecule has 0 aliphatic carbocycles. The zero-order valence-corrected chi connectivity index (χ0v) is 17.5. The number of carbonyl (C=O) groups is 1. The van der Waals surface area contributed by atoms with Crippen LogP contribution in [0.15, 0.2) is 41.5 Å². The zero-order valence-electron chi connectivity index (χ0n) is 16.7. The van der Waals surface area contributed by atoms with Crippen LogP contribution in [0.5, 0.6) is 11.5 Å². The van der Waals surface area contributed by atoms with Gasteiger partial charge in [0.15, 0.2) is 17.8 Å². The van der Waals surface area contributed by atoms with E-state index >= 15 is 0 Å². The van der Waals surface area contributed by atoms with Gasteiger partial charge in [-0.3, -0.25) is 15.5 Å². The van der Waals surface area contributed by atoms with Crippen molar-refractivity contribution in [2.24, 2.45) is 5.10 Å². The van der Waals surface area contributed by atoms with Gasteiger partial charge in [-0.05, 0) is 49.7 Å². The van der Waals surface area contributed by atoms with Gasteiger partial charge in [0.2, 0.25) is 5.91 Å². The molecule has 1 saturated heterocycles. The van der Waals surface area contributed by atoms with Crippen molar-refractivity contribution in [1.82, 2.24) is 16.1 Å². The molecule has 1 fully saturated rings. The first-order chi connectivity index (χ1) is 14.5. The number of carbonyl (C=O) groups excluding carboxylic acids is 1. The van der Waals surface area contributed by atoms with Gasteiger partial charge >= 0.3 is 0 Å². The molecule has 3 rings (SSSR count). The third-order valence-corrected chi connectivity index (χ3v) is 4.72. The van der Waals surface area contributed by atoms with Crippen LogP contribution < -0.4 is 25.5 Å². The van der Waals surface area contributed by atoms with Gasteiger partial charge in [-0.2, -0.15) is 5.10 Å². The highest BCUT2D eigenvalue weighted by molar-refractivity contribution is 6.31. The highest BCUT2D eigenvalue weighted by Gasteiger charge is 2.21. The van der Waals surface area contributed by atoms with Crippen LogP contribution in [0.25, 0.3) is 0 Å². The Balaban J connectivity index is 1.66. The normalized spacial score (nSPS) is 18.9. The van der Waals surface area contributed by atoms with Crippen molar-refractivity contribution in [3.05, 3.63) is 58.4 Å². The summed E-state index contributed by atoms with van der Waals surface area (Å²) >= 11 is 6.05. The summed E-state index contributed by atoms with van der Waals surface area (Å²) in [4.78, 5) is 11.6. The second kappa shape index (κ2) is 10.3. The van der Waals surface area contributed by atoms with Gasteiger partial charge < -0.3 is 14.8 Å². The number of hydrazone groups is 1. The van der Waals surface area contributed by atoms with Crippen LogP contribution >= 0.6 is 11.6 Å². The van der Waals surface area contributed by atoms with Crippen molar-refractivity contribution in [1.29, 1.82) is 0 Å². The molecule has 2 aromatic rings. The fraction of sp³-hybridized carbons (Fsp3) is 0.333. The predicted octanol–water partition coefficient (Wildman–Crippen LogP) is 3.16. The standard InChI is InChI=1S/C21H24ClFN4O3/c1-3-29-19-10-14(11-24-27-21-25-13(2)9-20(28)26-21)7-8-18(19)30-12-15-16(22)5-4-6-17(15)23/h4-8,10-11,13,21,25,27H,3,9,12H2,1-2H3,(H,26,28)/b24-11+. The van der Waals surface area contributed by atoms with Crippen LogP contribution in [-0.4, -0.2) is 31.1 Å². The van der Waals surface area contributed by atoms with E-state index in [1.54, 1.807) is 36.5 Å². The van der Waals surface area contributed by atoms with E-state index < -0.39 is 12.1 Å². The summed E-state index contributed by atoms with van der Waals surface area (Å²) in [5.74, 6) is 0.514. The average Bonchev–Trinajstić information content (AvgIpc) is 2.68. The molecule has 1 aliphatic heterocycles. The van der Waals surface area contributed by atoms with E-state index in [2.05, 4.69) is 21.2 Å². The number of nitrogens with zero attached hydrogens (tertiary/aromatic N) is 1. The lowest BCUT2D eigenvalue weighted by Crippen LogP contribution is -2.60. The zero-order chi connectivity index (χ0) is 21.5. The van der Waals surface area contributed by atoms with Crippen molar-refractivity contribution in [3.8, 4) is 11.5 Å². The minimum absolute atomic E-state index is 0.0220. The Morgan fingerprint density at radius 2 is 2.13 bits per heavy atom. The second-order valence-electron chi connectivity index (χ2n) is 6.79.